The van der Waals surface area contributed by atoms with E-state index in [0.29, 0.717) is 0 Å². The molecule has 2 N–H and O–H groups in total. The molecule has 0 heterocycles. The van der Waals surface area contributed by atoms with Gasteiger partial charge in [0, 0.05) is 5.56 Å². The van der Waals surface area contributed by atoms with E-state index in [1.807, 2.05) is 0 Å². The molecule has 0 aliphatic rings. The summed E-state index contributed by atoms with van der Waals surface area (Å²) in [5, 5.41) is 11.5. The lowest BCUT2D eigenvalue weighted by Gasteiger charge is -2.15. The van der Waals surface area contributed by atoms with Gasteiger partial charge in [0.2, 0.25) is 0 Å². The van der Waals surface area contributed by atoms with Gasteiger partial charge in [-0.15, -0.1) is 0 Å². The number of ether oxygens (including phenoxy) is 2. The van der Waals surface area contributed by atoms with Crippen LogP contribution in [0.2, 0.25) is 0 Å². The molecular formula is C13H15NO6. The Labute approximate surface area is 115 Å². The van der Waals surface area contributed by atoms with Crippen molar-refractivity contribution in [2.45, 2.75) is 12.5 Å². The lowest BCUT2D eigenvalue weighted by atomic mass is 10.1. The first-order valence-corrected chi connectivity index (χ1v) is 5.72. The normalized spacial score (nSPS) is 11.3. The van der Waals surface area contributed by atoms with Crippen molar-refractivity contribution in [3.05, 3.63) is 29.8 Å². The summed E-state index contributed by atoms with van der Waals surface area (Å²) in [6, 6.07) is 4.31. The Kier molecular flexibility index (Phi) is 5.52. The van der Waals surface area contributed by atoms with Crippen molar-refractivity contribution in [3.8, 4) is 5.75 Å². The van der Waals surface area contributed by atoms with Gasteiger partial charge in [0.1, 0.15) is 11.8 Å². The van der Waals surface area contributed by atoms with E-state index in [1.165, 1.54) is 31.4 Å². The number of phenols is 1. The van der Waals surface area contributed by atoms with Crippen LogP contribution in [0, 0.1) is 0 Å². The molecule has 0 saturated heterocycles. The molecule has 1 aromatic carbocycles. The van der Waals surface area contributed by atoms with Gasteiger partial charge in [0.15, 0.2) is 0 Å². The molecule has 1 amide bonds. The second-order valence-electron chi connectivity index (χ2n) is 3.88. The Hall–Kier alpha value is -2.57. The summed E-state index contributed by atoms with van der Waals surface area (Å²) in [6.07, 6.45) is -0.326. The fourth-order valence-corrected chi connectivity index (χ4v) is 1.44. The highest BCUT2D eigenvalue weighted by atomic mass is 16.5. The number of methoxy groups -OCH3 is 2. The highest BCUT2D eigenvalue weighted by Gasteiger charge is 2.25. The van der Waals surface area contributed by atoms with Crippen LogP contribution < -0.4 is 5.32 Å². The van der Waals surface area contributed by atoms with E-state index in [0.717, 1.165) is 7.11 Å². The molecule has 0 aromatic heterocycles. The summed E-state index contributed by atoms with van der Waals surface area (Å²) in [4.78, 5) is 34.6. The van der Waals surface area contributed by atoms with Gasteiger partial charge in [-0.25, -0.2) is 4.79 Å². The predicted molar refractivity (Wildman–Crippen MR) is 68.0 cm³/mol. The maximum absolute atomic E-state index is 11.9. The molecule has 1 aromatic rings. The first-order valence-electron chi connectivity index (χ1n) is 5.72. The van der Waals surface area contributed by atoms with Crippen molar-refractivity contribution >= 4 is 17.8 Å². The van der Waals surface area contributed by atoms with Crippen LogP contribution in [0.3, 0.4) is 0 Å². The molecule has 1 atom stereocenters. The van der Waals surface area contributed by atoms with E-state index < -0.39 is 23.9 Å². The minimum Gasteiger partial charge on any atom is -0.508 e. The van der Waals surface area contributed by atoms with Crippen molar-refractivity contribution in [1.29, 1.82) is 0 Å². The van der Waals surface area contributed by atoms with Crippen LogP contribution in [0.4, 0.5) is 0 Å². The molecule has 7 nitrogen and oxygen atoms in total. The van der Waals surface area contributed by atoms with Crippen molar-refractivity contribution in [2.75, 3.05) is 14.2 Å². The maximum Gasteiger partial charge on any atom is 0.328 e. The highest BCUT2D eigenvalue weighted by Crippen LogP contribution is 2.10. The van der Waals surface area contributed by atoms with E-state index in [4.69, 9.17) is 5.11 Å². The second-order valence-corrected chi connectivity index (χ2v) is 3.88. The van der Waals surface area contributed by atoms with Crippen molar-refractivity contribution in [1.82, 2.24) is 5.32 Å². The number of aromatic hydroxyl groups is 1. The number of benzene rings is 1. The van der Waals surface area contributed by atoms with Crippen LogP contribution in [0.1, 0.15) is 16.8 Å². The third kappa shape index (κ3) is 4.27. The van der Waals surface area contributed by atoms with Gasteiger partial charge in [0.05, 0.1) is 20.6 Å². The Morgan fingerprint density at radius 3 is 2.25 bits per heavy atom. The second kappa shape index (κ2) is 7.13. The number of nitrogens with one attached hydrogen (secondary N) is 1. The number of hydrogen-bond acceptors (Lipinski definition) is 6. The van der Waals surface area contributed by atoms with Crippen molar-refractivity contribution < 1.29 is 29.0 Å². The van der Waals surface area contributed by atoms with E-state index in [2.05, 4.69) is 14.8 Å². The summed E-state index contributed by atoms with van der Waals surface area (Å²) in [5.74, 6) is -1.95. The predicted octanol–water partition coefficient (Wildman–Crippen LogP) is 0.227. The molecular weight excluding hydrogens is 266 g/mol. The van der Waals surface area contributed by atoms with Crippen molar-refractivity contribution in [2.24, 2.45) is 0 Å². The average Bonchev–Trinajstić information content (AvgIpc) is 2.46. The summed E-state index contributed by atoms with van der Waals surface area (Å²) >= 11 is 0. The summed E-state index contributed by atoms with van der Waals surface area (Å²) in [5.41, 5.74) is 0.238. The smallest absolute Gasteiger partial charge is 0.328 e. The van der Waals surface area contributed by atoms with Gasteiger partial charge < -0.3 is 19.9 Å². The molecule has 0 bridgehead atoms. The number of rotatable bonds is 5. The van der Waals surface area contributed by atoms with Crippen molar-refractivity contribution in [3.63, 3.8) is 0 Å². The van der Waals surface area contributed by atoms with Gasteiger partial charge in [-0.3, -0.25) is 9.59 Å². The lowest BCUT2D eigenvalue weighted by Crippen LogP contribution is -2.43. The zero-order chi connectivity index (χ0) is 15.1. The summed E-state index contributed by atoms with van der Waals surface area (Å²) in [7, 11) is 2.33. The molecule has 0 radical (unpaired) electrons. The van der Waals surface area contributed by atoms with Crippen LogP contribution in [-0.4, -0.2) is 43.2 Å². The molecule has 1 rings (SSSR count). The largest absolute Gasteiger partial charge is 0.508 e. The molecule has 0 spiro atoms. The van der Waals surface area contributed by atoms with E-state index in [-0.39, 0.29) is 17.7 Å². The van der Waals surface area contributed by atoms with E-state index in [1.54, 1.807) is 0 Å². The molecule has 0 saturated carbocycles. The third-order valence-corrected chi connectivity index (χ3v) is 2.52. The zero-order valence-corrected chi connectivity index (χ0v) is 11.1. The molecule has 20 heavy (non-hydrogen) atoms. The standard InChI is InChI=1S/C13H15NO6/c1-19-11(16)7-10(13(18)20-2)14-12(17)8-3-5-9(15)6-4-8/h3-6,10,15H,7H2,1-2H3,(H,14,17)/t10-/m0/s1. The van der Waals surface area contributed by atoms with Crippen LogP contribution in [0.5, 0.6) is 5.75 Å². The molecule has 7 heteroatoms. The number of carbonyl (C=O) groups is 3. The topological polar surface area (TPSA) is 102 Å². The Morgan fingerprint density at radius 2 is 1.75 bits per heavy atom. The first-order chi connectivity index (χ1) is 9.47. The fourth-order valence-electron chi connectivity index (χ4n) is 1.44. The van der Waals surface area contributed by atoms with Crippen LogP contribution in [0.25, 0.3) is 0 Å². The number of amides is 1. The zero-order valence-electron chi connectivity index (χ0n) is 11.1. The third-order valence-electron chi connectivity index (χ3n) is 2.52. The molecule has 108 valence electrons. The number of carbonyl (C=O) groups excluding carboxylic acids is 3. The number of hydrogen-bond donors (Lipinski definition) is 2. The van der Waals surface area contributed by atoms with Crippen LogP contribution in [0.15, 0.2) is 24.3 Å². The van der Waals surface area contributed by atoms with Gasteiger partial charge in [0.25, 0.3) is 5.91 Å². The minimum absolute atomic E-state index is 0.0145. The Balaban J connectivity index is 2.78. The van der Waals surface area contributed by atoms with Crippen LogP contribution in [-0.2, 0) is 19.1 Å². The van der Waals surface area contributed by atoms with E-state index in [9.17, 15) is 14.4 Å². The summed E-state index contributed by atoms with van der Waals surface area (Å²) < 4.78 is 8.96. The monoisotopic (exact) mass is 281 g/mol. The van der Waals surface area contributed by atoms with Gasteiger partial charge >= 0.3 is 11.9 Å². The van der Waals surface area contributed by atoms with Gasteiger partial charge in [-0.05, 0) is 24.3 Å². The highest BCUT2D eigenvalue weighted by molar-refractivity contribution is 5.97. The van der Waals surface area contributed by atoms with Gasteiger partial charge in [-0.2, -0.15) is 0 Å². The lowest BCUT2D eigenvalue weighted by molar-refractivity contribution is -0.149. The van der Waals surface area contributed by atoms with Crippen LogP contribution >= 0.6 is 0 Å². The fraction of sp³-hybridized carbons (Fsp3) is 0.308. The first kappa shape index (κ1) is 15.5. The Bertz CT molecular complexity index is 496. The number of esters is 2. The molecule has 0 aliphatic carbocycles. The van der Waals surface area contributed by atoms with Gasteiger partial charge in [-0.1, -0.05) is 0 Å². The van der Waals surface area contributed by atoms with E-state index >= 15 is 0 Å². The molecule has 0 aliphatic heterocycles. The summed E-state index contributed by atoms with van der Waals surface area (Å²) in [6.45, 7) is 0. The minimum atomic E-state index is -1.13. The number of phenolic OH excluding ortho intramolecular Hbond substituents is 1. The SMILES string of the molecule is COC(=O)C[C@H](NC(=O)c1ccc(O)cc1)C(=O)OC. The average molecular weight is 281 g/mol. The molecule has 0 fully saturated rings. The quantitative estimate of drug-likeness (QED) is 0.749. The Morgan fingerprint density at radius 1 is 1.15 bits per heavy atom. The molecule has 0 unspecified atom stereocenters. The maximum atomic E-state index is 11.9.